The summed E-state index contributed by atoms with van der Waals surface area (Å²) in [4.78, 5) is 9.15. The lowest BCUT2D eigenvalue weighted by Gasteiger charge is -2.07. The molecule has 0 spiro atoms. The first-order valence-electron chi connectivity index (χ1n) is 5.73. The zero-order valence-corrected chi connectivity index (χ0v) is 9.38. The van der Waals surface area contributed by atoms with Crippen molar-refractivity contribution >= 4 is 5.82 Å². The molecule has 80 valence electrons. The maximum atomic E-state index is 5.98. The summed E-state index contributed by atoms with van der Waals surface area (Å²) in [5.41, 5.74) is 8.78. The molecule has 1 fully saturated rings. The zero-order chi connectivity index (χ0) is 10.6. The fraction of sp³-hybridized carbons (Fsp3) is 0.667. The number of rotatable bonds is 1. The average Bonchev–Trinajstić information content (AvgIpc) is 2.63. The molecule has 2 aliphatic carbocycles. The minimum absolute atomic E-state index is 0.388. The summed E-state index contributed by atoms with van der Waals surface area (Å²) < 4.78 is 0. The highest BCUT2D eigenvalue weighted by molar-refractivity contribution is 5.45. The molecule has 1 atom stereocenters. The molecule has 0 bridgehead atoms. The monoisotopic (exact) mass is 203 g/mol. The van der Waals surface area contributed by atoms with Gasteiger partial charge in [-0.1, -0.05) is 13.8 Å². The largest absolute Gasteiger partial charge is 0.383 e. The normalized spacial score (nSPS) is 26.4. The van der Waals surface area contributed by atoms with Crippen LogP contribution in [0.1, 0.15) is 49.7 Å². The van der Waals surface area contributed by atoms with Gasteiger partial charge in [0.15, 0.2) is 0 Å². The molecular weight excluding hydrogens is 186 g/mol. The zero-order valence-electron chi connectivity index (χ0n) is 9.38. The summed E-state index contributed by atoms with van der Waals surface area (Å²) in [5.74, 6) is 2.25. The van der Waals surface area contributed by atoms with Gasteiger partial charge in [-0.15, -0.1) is 0 Å². The third kappa shape index (κ3) is 1.33. The van der Waals surface area contributed by atoms with Gasteiger partial charge >= 0.3 is 0 Å². The quantitative estimate of drug-likeness (QED) is 0.760. The molecule has 0 amide bonds. The van der Waals surface area contributed by atoms with Crippen LogP contribution in [0.5, 0.6) is 0 Å². The SMILES string of the molecule is CC1(C)CC1c1nc(N)c2c(n1)CCC2. The van der Waals surface area contributed by atoms with E-state index in [4.69, 9.17) is 5.73 Å². The summed E-state index contributed by atoms with van der Waals surface area (Å²) in [6, 6.07) is 0. The number of fused-ring (bicyclic) bond motifs is 1. The predicted molar refractivity (Wildman–Crippen MR) is 59.6 cm³/mol. The second-order valence-electron chi connectivity index (χ2n) is 5.49. The third-order valence-corrected chi connectivity index (χ3v) is 3.81. The number of aryl methyl sites for hydroxylation is 1. The Morgan fingerprint density at radius 2 is 2.00 bits per heavy atom. The van der Waals surface area contributed by atoms with Gasteiger partial charge in [-0.2, -0.15) is 0 Å². The molecule has 3 nitrogen and oxygen atoms in total. The molecule has 0 radical (unpaired) electrons. The molecular formula is C12H17N3. The standard InChI is InChI=1S/C12H17N3/c1-12(2)6-8(12)11-14-9-5-3-4-7(9)10(13)15-11/h8H,3-6H2,1-2H3,(H2,13,14,15). The van der Waals surface area contributed by atoms with Gasteiger partial charge in [0.2, 0.25) is 0 Å². The Bertz CT molecular complexity index is 423. The van der Waals surface area contributed by atoms with Crippen LogP contribution in [0, 0.1) is 5.41 Å². The molecule has 1 heterocycles. The molecule has 0 aromatic carbocycles. The molecule has 1 saturated carbocycles. The van der Waals surface area contributed by atoms with E-state index in [0.717, 1.165) is 24.5 Å². The van der Waals surface area contributed by atoms with Crippen molar-refractivity contribution in [2.75, 3.05) is 5.73 Å². The number of nitrogens with zero attached hydrogens (tertiary/aromatic N) is 2. The van der Waals surface area contributed by atoms with Crippen molar-refractivity contribution in [2.24, 2.45) is 5.41 Å². The van der Waals surface area contributed by atoms with E-state index in [2.05, 4.69) is 23.8 Å². The van der Waals surface area contributed by atoms with E-state index >= 15 is 0 Å². The minimum Gasteiger partial charge on any atom is -0.383 e. The number of hydrogen-bond acceptors (Lipinski definition) is 3. The lowest BCUT2D eigenvalue weighted by Crippen LogP contribution is -2.06. The number of nitrogens with two attached hydrogens (primary N) is 1. The Morgan fingerprint density at radius 1 is 1.27 bits per heavy atom. The fourth-order valence-electron chi connectivity index (χ4n) is 2.55. The van der Waals surface area contributed by atoms with Crippen molar-refractivity contribution in [3.05, 3.63) is 17.1 Å². The Balaban J connectivity index is 2.01. The van der Waals surface area contributed by atoms with Crippen molar-refractivity contribution in [3.63, 3.8) is 0 Å². The van der Waals surface area contributed by atoms with Crippen LogP contribution in [0.4, 0.5) is 5.82 Å². The number of anilines is 1. The summed E-state index contributed by atoms with van der Waals surface area (Å²) in [5, 5.41) is 0. The lowest BCUT2D eigenvalue weighted by molar-refractivity contribution is 0.607. The van der Waals surface area contributed by atoms with Crippen LogP contribution in [0.2, 0.25) is 0 Å². The van der Waals surface area contributed by atoms with Crippen LogP contribution in [0.25, 0.3) is 0 Å². The molecule has 0 saturated heterocycles. The van der Waals surface area contributed by atoms with Crippen LogP contribution < -0.4 is 5.73 Å². The summed E-state index contributed by atoms with van der Waals surface area (Å²) in [7, 11) is 0. The van der Waals surface area contributed by atoms with Gasteiger partial charge in [0.05, 0.1) is 0 Å². The van der Waals surface area contributed by atoms with E-state index in [1.807, 2.05) is 0 Å². The second kappa shape index (κ2) is 2.71. The van der Waals surface area contributed by atoms with Crippen molar-refractivity contribution in [1.82, 2.24) is 9.97 Å². The number of hydrogen-bond donors (Lipinski definition) is 1. The van der Waals surface area contributed by atoms with E-state index < -0.39 is 0 Å². The van der Waals surface area contributed by atoms with Crippen LogP contribution in [0.15, 0.2) is 0 Å². The van der Waals surface area contributed by atoms with E-state index in [-0.39, 0.29) is 0 Å². The van der Waals surface area contributed by atoms with E-state index in [1.165, 1.54) is 24.1 Å². The van der Waals surface area contributed by atoms with E-state index in [9.17, 15) is 0 Å². The molecule has 1 aromatic rings. The van der Waals surface area contributed by atoms with Crippen LogP contribution in [-0.2, 0) is 12.8 Å². The van der Waals surface area contributed by atoms with Gasteiger partial charge < -0.3 is 5.73 Å². The molecule has 3 heteroatoms. The van der Waals surface area contributed by atoms with Gasteiger partial charge in [-0.25, -0.2) is 9.97 Å². The van der Waals surface area contributed by atoms with Gasteiger partial charge in [0.25, 0.3) is 0 Å². The molecule has 15 heavy (non-hydrogen) atoms. The molecule has 1 aromatic heterocycles. The first-order chi connectivity index (χ1) is 7.08. The van der Waals surface area contributed by atoms with Crippen LogP contribution in [0.3, 0.4) is 0 Å². The van der Waals surface area contributed by atoms with Gasteiger partial charge in [-0.05, 0) is 31.1 Å². The summed E-state index contributed by atoms with van der Waals surface area (Å²) in [6.45, 7) is 4.54. The molecule has 2 aliphatic rings. The molecule has 1 unspecified atom stereocenters. The topological polar surface area (TPSA) is 51.8 Å². The van der Waals surface area contributed by atoms with Crippen LogP contribution in [-0.4, -0.2) is 9.97 Å². The van der Waals surface area contributed by atoms with Crippen molar-refractivity contribution < 1.29 is 0 Å². The average molecular weight is 203 g/mol. The molecule has 0 aliphatic heterocycles. The molecule has 3 rings (SSSR count). The maximum Gasteiger partial charge on any atom is 0.134 e. The van der Waals surface area contributed by atoms with E-state index in [0.29, 0.717) is 11.3 Å². The van der Waals surface area contributed by atoms with E-state index in [1.54, 1.807) is 0 Å². The first-order valence-corrected chi connectivity index (χ1v) is 5.73. The lowest BCUT2D eigenvalue weighted by atomic mass is 10.1. The molecule has 2 N–H and O–H groups in total. The summed E-state index contributed by atoms with van der Waals surface area (Å²) in [6.07, 6.45) is 4.54. The maximum absolute atomic E-state index is 5.98. The fourth-order valence-corrected chi connectivity index (χ4v) is 2.55. The third-order valence-electron chi connectivity index (χ3n) is 3.81. The van der Waals surface area contributed by atoms with Gasteiger partial charge in [0, 0.05) is 17.2 Å². The first kappa shape index (κ1) is 9.13. The Labute approximate surface area is 90.1 Å². The van der Waals surface area contributed by atoms with Crippen LogP contribution >= 0.6 is 0 Å². The Morgan fingerprint density at radius 3 is 2.67 bits per heavy atom. The highest BCUT2D eigenvalue weighted by atomic mass is 15.0. The Hall–Kier alpha value is -1.12. The van der Waals surface area contributed by atoms with Crippen molar-refractivity contribution in [3.8, 4) is 0 Å². The predicted octanol–water partition coefficient (Wildman–Crippen LogP) is 2.06. The van der Waals surface area contributed by atoms with Crippen molar-refractivity contribution in [2.45, 2.75) is 45.4 Å². The van der Waals surface area contributed by atoms with Crippen molar-refractivity contribution in [1.29, 1.82) is 0 Å². The smallest absolute Gasteiger partial charge is 0.134 e. The summed E-state index contributed by atoms with van der Waals surface area (Å²) >= 11 is 0. The highest BCUT2D eigenvalue weighted by Crippen LogP contribution is 2.57. The number of nitrogen functional groups attached to an aromatic ring is 1. The van der Waals surface area contributed by atoms with Gasteiger partial charge in [0.1, 0.15) is 11.6 Å². The number of aromatic nitrogens is 2. The Kier molecular flexibility index (Phi) is 1.65. The second-order valence-corrected chi connectivity index (χ2v) is 5.49. The van der Waals surface area contributed by atoms with Gasteiger partial charge in [-0.3, -0.25) is 0 Å². The minimum atomic E-state index is 0.388. The highest BCUT2D eigenvalue weighted by Gasteiger charge is 2.48.